The van der Waals surface area contributed by atoms with Gasteiger partial charge in [-0.3, -0.25) is 9.59 Å². The number of nitrogens with two attached hydrogens (primary N) is 1. The number of anilines is 1. The van der Waals surface area contributed by atoms with Gasteiger partial charge in [-0.05, 0) is 38.0 Å². The van der Waals surface area contributed by atoms with Gasteiger partial charge in [0.05, 0.1) is 10.0 Å². The molecule has 24 heavy (non-hydrogen) atoms. The van der Waals surface area contributed by atoms with E-state index in [4.69, 9.17) is 28.9 Å². The van der Waals surface area contributed by atoms with Crippen molar-refractivity contribution in [2.24, 2.45) is 11.7 Å². The van der Waals surface area contributed by atoms with Crippen LogP contribution in [0.5, 0.6) is 0 Å². The Bertz CT molecular complexity index is 588. The minimum Gasteiger partial charge on any atom is -0.343 e. The van der Waals surface area contributed by atoms with Gasteiger partial charge in [0.15, 0.2) is 0 Å². The van der Waals surface area contributed by atoms with E-state index in [0.717, 1.165) is 0 Å². The Morgan fingerprint density at radius 1 is 1.29 bits per heavy atom. The van der Waals surface area contributed by atoms with Gasteiger partial charge in [0, 0.05) is 37.2 Å². The van der Waals surface area contributed by atoms with Gasteiger partial charge < -0.3 is 16.0 Å². The maximum atomic E-state index is 12.3. The van der Waals surface area contributed by atoms with Crippen LogP contribution in [-0.4, -0.2) is 35.8 Å². The molecule has 2 amide bonds. The van der Waals surface area contributed by atoms with Crippen molar-refractivity contribution in [1.29, 1.82) is 0 Å². The number of hydrogen-bond donors (Lipinski definition) is 2. The van der Waals surface area contributed by atoms with Crippen LogP contribution in [0.2, 0.25) is 10.0 Å². The van der Waals surface area contributed by atoms with E-state index in [1.807, 2.05) is 6.92 Å². The van der Waals surface area contributed by atoms with Crippen LogP contribution in [0.15, 0.2) is 18.2 Å². The molecule has 1 aliphatic rings. The Morgan fingerprint density at radius 3 is 2.46 bits per heavy atom. The Hall–Kier alpha value is -1.01. The number of halogens is 3. The number of likely N-dealkylation sites (tertiary alicyclic amines) is 1. The van der Waals surface area contributed by atoms with Crippen LogP contribution in [0.25, 0.3) is 0 Å². The first-order chi connectivity index (χ1) is 10.9. The summed E-state index contributed by atoms with van der Waals surface area (Å²) < 4.78 is 0. The molecule has 8 heteroatoms. The van der Waals surface area contributed by atoms with Gasteiger partial charge in [0.25, 0.3) is 0 Å². The lowest BCUT2D eigenvalue weighted by atomic mass is 9.95. The van der Waals surface area contributed by atoms with Crippen molar-refractivity contribution in [1.82, 2.24) is 4.90 Å². The second kappa shape index (κ2) is 9.47. The van der Waals surface area contributed by atoms with Gasteiger partial charge in [-0.15, -0.1) is 12.4 Å². The van der Waals surface area contributed by atoms with E-state index in [1.165, 1.54) is 0 Å². The summed E-state index contributed by atoms with van der Waals surface area (Å²) in [6.45, 7) is 2.99. The molecular weight excluding hydrogens is 373 g/mol. The zero-order valence-electron chi connectivity index (χ0n) is 13.4. The molecule has 1 atom stereocenters. The molecule has 0 spiro atoms. The van der Waals surface area contributed by atoms with Gasteiger partial charge in [-0.2, -0.15) is 0 Å². The van der Waals surface area contributed by atoms with Crippen molar-refractivity contribution in [3.05, 3.63) is 28.2 Å². The fraction of sp³-hybridized carbons (Fsp3) is 0.500. The highest BCUT2D eigenvalue weighted by molar-refractivity contribution is 6.42. The Labute approximate surface area is 158 Å². The third kappa shape index (κ3) is 5.81. The Kier molecular flexibility index (Phi) is 8.30. The Balaban J connectivity index is 0.00000288. The van der Waals surface area contributed by atoms with Crippen molar-refractivity contribution in [2.45, 2.75) is 32.2 Å². The highest BCUT2D eigenvalue weighted by atomic mass is 35.5. The number of piperidine rings is 1. The zero-order chi connectivity index (χ0) is 17.0. The van der Waals surface area contributed by atoms with Crippen LogP contribution in [0, 0.1) is 5.92 Å². The third-order valence-electron chi connectivity index (χ3n) is 3.90. The van der Waals surface area contributed by atoms with Crippen molar-refractivity contribution in [3.63, 3.8) is 0 Å². The number of carbonyl (C=O) groups is 2. The minimum absolute atomic E-state index is 0. The van der Waals surface area contributed by atoms with Crippen LogP contribution < -0.4 is 11.1 Å². The number of rotatable bonds is 4. The van der Waals surface area contributed by atoms with Crippen molar-refractivity contribution >= 4 is 53.1 Å². The molecule has 1 unspecified atom stereocenters. The highest BCUT2D eigenvalue weighted by Crippen LogP contribution is 2.26. The molecule has 1 saturated heterocycles. The van der Waals surface area contributed by atoms with Crippen LogP contribution in [0.1, 0.15) is 26.2 Å². The van der Waals surface area contributed by atoms with E-state index < -0.39 is 0 Å². The van der Waals surface area contributed by atoms with Gasteiger partial charge in [0.2, 0.25) is 11.8 Å². The van der Waals surface area contributed by atoms with Crippen molar-refractivity contribution in [3.8, 4) is 0 Å². The summed E-state index contributed by atoms with van der Waals surface area (Å²) in [5.74, 6) is -0.102. The summed E-state index contributed by atoms with van der Waals surface area (Å²) in [6.07, 6.45) is 1.65. The van der Waals surface area contributed by atoms with E-state index in [0.29, 0.717) is 48.1 Å². The maximum Gasteiger partial charge on any atom is 0.227 e. The molecule has 0 aliphatic carbocycles. The number of benzene rings is 1. The van der Waals surface area contributed by atoms with Crippen LogP contribution >= 0.6 is 35.6 Å². The molecule has 1 heterocycles. The molecule has 134 valence electrons. The number of nitrogens with zero attached hydrogens (tertiary/aromatic N) is 1. The molecule has 3 N–H and O–H groups in total. The first-order valence-corrected chi connectivity index (χ1v) is 8.41. The number of nitrogens with one attached hydrogen (secondary N) is 1. The normalized spacial score (nSPS) is 16.2. The topological polar surface area (TPSA) is 75.4 Å². The molecule has 0 radical (unpaired) electrons. The Morgan fingerprint density at radius 2 is 1.92 bits per heavy atom. The summed E-state index contributed by atoms with van der Waals surface area (Å²) in [7, 11) is 0. The lowest BCUT2D eigenvalue weighted by Crippen LogP contribution is -2.42. The first kappa shape index (κ1) is 21.0. The smallest absolute Gasteiger partial charge is 0.227 e. The molecule has 1 aromatic rings. The SMILES string of the molecule is CC(N)CC(=O)N1CCC(C(=O)Nc2ccc(Cl)c(Cl)c2)CC1.Cl. The monoisotopic (exact) mass is 393 g/mol. The summed E-state index contributed by atoms with van der Waals surface area (Å²) in [5, 5.41) is 3.70. The standard InChI is InChI=1S/C16H21Cl2N3O2.ClH/c1-10(19)8-15(22)21-6-4-11(5-7-21)16(23)20-12-2-3-13(17)14(18)9-12;/h2-3,9-11H,4-8,19H2,1H3,(H,20,23);1H. The molecule has 1 aliphatic heterocycles. The summed E-state index contributed by atoms with van der Waals surface area (Å²) in [6, 6.07) is 4.85. The van der Waals surface area contributed by atoms with Gasteiger partial charge in [-0.1, -0.05) is 23.2 Å². The van der Waals surface area contributed by atoms with E-state index in [1.54, 1.807) is 23.1 Å². The van der Waals surface area contributed by atoms with Crippen LogP contribution in [-0.2, 0) is 9.59 Å². The molecule has 1 fully saturated rings. The molecule has 0 aromatic heterocycles. The average molecular weight is 395 g/mol. The molecule has 2 rings (SSSR count). The predicted octanol–water partition coefficient (Wildman–Crippen LogP) is 3.33. The fourth-order valence-corrected chi connectivity index (χ4v) is 2.91. The lowest BCUT2D eigenvalue weighted by molar-refractivity contribution is -0.134. The summed E-state index contributed by atoms with van der Waals surface area (Å²) in [4.78, 5) is 26.1. The largest absolute Gasteiger partial charge is 0.343 e. The zero-order valence-corrected chi connectivity index (χ0v) is 15.8. The fourth-order valence-electron chi connectivity index (χ4n) is 2.61. The summed E-state index contributed by atoms with van der Waals surface area (Å²) in [5.41, 5.74) is 6.28. The molecule has 1 aromatic carbocycles. The first-order valence-electron chi connectivity index (χ1n) is 7.66. The van der Waals surface area contributed by atoms with Gasteiger partial charge in [0.1, 0.15) is 0 Å². The third-order valence-corrected chi connectivity index (χ3v) is 4.64. The molecule has 0 bridgehead atoms. The average Bonchev–Trinajstić information content (AvgIpc) is 2.50. The van der Waals surface area contributed by atoms with Gasteiger partial charge in [-0.25, -0.2) is 0 Å². The lowest BCUT2D eigenvalue weighted by Gasteiger charge is -2.31. The molecule has 5 nitrogen and oxygen atoms in total. The highest BCUT2D eigenvalue weighted by Gasteiger charge is 2.27. The quantitative estimate of drug-likeness (QED) is 0.822. The van der Waals surface area contributed by atoms with Gasteiger partial charge >= 0.3 is 0 Å². The number of hydrogen-bond acceptors (Lipinski definition) is 3. The van der Waals surface area contributed by atoms with Crippen LogP contribution in [0.3, 0.4) is 0 Å². The maximum absolute atomic E-state index is 12.3. The summed E-state index contributed by atoms with van der Waals surface area (Å²) >= 11 is 11.8. The van der Waals surface area contributed by atoms with E-state index >= 15 is 0 Å². The van der Waals surface area contributed by atoms with Crippen molar-refractivity contribution in [2.75, 3.05) is 18.4 Å². The number of amides is 2. The number of carbonyl (C=O) groups excluding carboxylic acids is 2. The second-order valence-electron chi connectivity index (χ2n) is 5.95. The van der Waals surface area contributed by atoms with E-state index in [-0.39, 0.29) is 36.2 Å². The predicted molar refractivity (Wildman–Crippen MR) is 99.9 cm³/mol. The molecule has 0 saturated carbocycles. The molecular formula is C16H22Cl3N3O2. The van der Waals surface area contributed by atoms with Crippen LogP contribution in [0.4, 0.5) is 5.69 Å². The minimum atomic E-state index is -0.141. The van der Waals surface area contributed by atoms with E-state index in [9.17, 15) is 9.59 Å². The van der Waals surface area contributed by atoms with Crippen molar-refractivity contribution < 1.29 is 9.59 Å². The second-order valence-corrected chi connectivity index (χ2v) is 6.77. The van der Waals surface area contributed by atoms with E-state index in [2.05, 4.69) is 5.32 Å².